The van der Waals surface area contributed by atoms with Crippen LogP contribution in [0.1, 0.15) is 37.3 Å². The molecule has 0 aliphatic carbocycles. The van der Waals surface area contributed by atoms with Crippen molar-refractivity contribution in [2.24, 2.45) is 0 Å². The molecule has 2 rings (SSSR count). The smallest absolute Gasteiger partial charge is 0.381 e. The zero-order valence-electron chi connectivity index (χ0n) is 11.8. The molecule has 2 unspecified atom stereocenters. The standard InChI is InChI=1S/C15H18F3N3/c1-10(7-13-3-2-6-20-13)21-14-5-4-12(15(16,17)18)8-11(14)9-19/h4-5,8,10,13,20-21H,2-3,6-7H2,1H3. The lowest BCUT2D eigenvalue weighted by Crippen LogP contribution is -2.29. The number of nitriles is 1. The Balaban J connectivity index is 2.07. The molecule has 6 heteroatoms. The van der Waals surface area contributed by atoms with Crippen molar-refractivity contribution in [1.82, 2.24) is 5.32 Å². The van der Waals surface area contributed by atoms with E-state index in [2.05, 4.69) is 10.6 Å². The van der Waals surface area contributed by atoms with Gasteiger partial charge in [-0.05, 0) is 50.9 Å². The Labute approximate surface area is 122 Å². The first-order valence-electron chi connectivity index (χ1n) is 7.01. The molecular formula is C15H18F3N3. The molecule has 0 saturated carbocycles. The minimum Gasteiger partial charge on any atom is -0.381 e. The van der Waals surface area contributed by atoms with Crippen molar-refractivity contribution in [3.05, 3.63) is 29.3 Å². The van der Waals surface area contributed by atoms with Crippen LogP contribution in [0.5, 0.6) is 0 Å². The molecule has 2 N–H and O–H groups in total. The van der Waals surface area contributed by atoms with Crippen molar-refractivity contribution in [3.8, 4) is 6.07 Å². The molecule has 1 aromatic rings. The van der Waals surface area contributed by atoms with Crippen LogP contribution in [-0.2, 0) is 6.18 Å². The minimum absolute atomic E-state index is 0.0241. The summed E-state index contributed by atoms with van der Waals surface area (Å²) in [6, 6.07) is 5.58. The highest BCUT2D eigenvalue weighted by Gasteiger charge is 2.31. The number of anilines is 1. The number of hydrogen-bond acceptors (Lipinski definition) is 3. The van der Waals surface area contributed by atoms with Crippen LogP contribution >= 0.6 is 0 Å². The van der Waals surface area contributed by atoms with Crippen LogP contribution in [-0.4, -0.2) is 18.6 Å². The van der Waals surface area contributed by atoms with Gasteiger partial charge in [0.2, 0.25) is 0 Å². The Hall–Kier alpha value is -1.74. The molecule has 1 aromatic carbocycles. The van der Waals surface area contributed by atoms with Crippen molar-refractivity contribution >= 4 is 5.69 Å². The van der Waals surface area contributed by atoms with E-state index in [9.17, 15) is 13.2 Å². The first kappa shape index (κ1) is 15.6. The summed E-state index contributed by atoms with van der Waals surface area (Å²) in [5, 5.41) is 15.6. The van der Waals surface area contributed by atoms with E-state index in [1.165, 1.54) is 6.07 Å². The Morgan fingerprint density at radius 1 is 1.48 bits per heavy atom. The third kappa shape index (κ3) is 4.11. The highest BCUT2D eigenvalue weighted by atomic mass is 19.4. The van der Waals surface area contributed by atoms with Crippen LogP contribution < -0.4 is 10.6 Å². The number of nitrogens with one attached hydrogen (secondary N) is 2. The van der Waals surface area contributed by atoms with Crippen LogP contribution in [0.2, 0.25) is 0 Å². The lowest BCUT2D eigenvalue weighted by atomic mass is 10.0. The predicted octanol–water partition coefficient (Wildman–Crippen LogP) is 3.52. The number of hydrogen-bond donors (Lipinski definition) is 2. The number of benzene rings is 1. The van der Waals surface area contributed by atoms with E-state index in [0.717, 1.165) is 37.9 Å². The fraction of sp³-hybridized carbons (Fsp3) is 0.533. The SMILES string of the molecule is CC(CC1CCCN1)Nc1ccc(C(F)(F)F)cc1C#N. The van der Waals surface area contributed by atoms with Gasteiger partial charge in [-0.3, -0.25) is 0 Å². The van der Waals surface area contributed by atoms with Gasteiger partial charge >= 0.3 is 6.18 Å². The summed E-state index contributed by atoms with van der Waals surface area (Å²) in [6.07, 6.45) is -1.28. The summed E-state index contributed by atoms with van der Waals surface area (Å²) in [7, 11) is 0. The molecule has 114 valence electrons. The zero-order chi connectivity index (χ0) is 15.5. The summed E-state index contributed by atoms with van der Waals surface area (Å²) < 4.78 is 37.9. The van der Waals surface area contributed by atoms with Crippen molar-refractivity contribution < 1.29 is 13.2 Å². The van der Waals surface area contributed by atoms with E-state index in [0.29, 0.717) is 11.7 Å². The van der Waals surface area contributed by atoms with E-state index in [4.69, 9.17) is 5.26 Å². The van der Waals surface area contributed by atoms with Crippen LogP contribution in [0.25, 0.3) is 0 Å². The molecular weight excluding hydrogens is 279 g/mol. The predicted molar refractivity (Wildman–Crippen MR) is 74.9 cm³/mol. The highest BCUT2D eigenvalue weighted by Crippen LogP contribution is 2.32. The Bertz CT molecular complexity index is 528. The molecule has 1 saturated heterocycles. The third-order valence-electron chi connectivity index (χ3n) is 3.67. The van der Waals surface area contributed by atoms with Gasteiger partial charge in [0.15, 0.2) is 0 Å². The first-order valence-corrected chi connectivity index (χ1v) is 7.01. The highest BCUT2D eigenvalue weighted by molar-refractivity contribution is 5.59. The van der Waals surface area contributed by atoms with Crippen LogP contribution in [0.15, 0.2) is 18.2 Å². The second-order valence-electron chi connectivity index (χ2n) is 5.44. The Morgan fingerprint density at radius 2 is 2.24 bits per heavy atom. The van der Waals surface area contributed by atoms with Gasteiger partial charge in [-0.25, -0.2) is 0 Å². The van der Waals surface area contributed by atoms with Crippen molar-refractivity contribution in [2.75, 3.05) is 11.9 Å². The monoisotopic (exact) mass is 297 g/mol. The minimum atomic E-state index is -4.43. The first-order chi connectivity index (χ1) is 9.90. The molecule has 0 radical (unpaired) electrons. The van der Waals surface area contributed by atoms with Crippen molar-refractivity contribution in [3.63, 3.8) is 0 Å². The maximum Gasteiger partial charge on any atom is 0.416 e. The molecule has 1 aliphatic heterocycles. The average molecular weight is 297 g/mol. The fourth-order valence-electron chi connectivity index (χ4n) is 2.65. The van der Waals surface area contributed by atoms with Gasteiger partial charge in [-0.2, -0.15) is 18.4 Å². The lowest BCUT2D eigenvalue weighted by molar-refractivity contribution is -0.137. The molecule has 21 heavy (non-hydrogen) atoms. The molecule has 0 aromatic heterocycles. The maximum absolute atomic E-state index is 12.6. The van der Waals surface area contributed by atoms with E-state index < -0.39 is 11.7 Å². The molecule has 0 amide bonds. The average Bonchev–Trinajstić information content (AvgIpc) is 2.90. The molecule has 1 heterocycles. The van der Waals surface area contributed by atoms with Gasteiger partial charge in [0.05, 0.1) is 16.8 Å². The number of halogens is 3. The second-order valence-corrected chi connectivity index (χ2v) is 5.44. The topological polar surface area (TPSA) is 47.8 Å². The maximum atomic E-state index is 12.6. The van der Waals surface area contributed by atoms with Crippen molar-refractivity contribution in [1.29, 1.82) is 5.26 Å². The largest absolute Gasteiger partial charge is 0.416 e. The van der Waals surface area contributed by atoms with Crippen molar-refractivity contribution in [2.45, 2.75) is 44.4 Å². The number of alkyl halides is 3. The van der Waals surface area contributed by atoms with E-state index in [1.807, 2.05) is 13.0 Å². The Morgan fingerprint density at radius 3 is 2.81 bits per heavy atom. The van der Waals surface area contributed by atoms with Crippen LogP contribution in [0.3, 0.4) is 0 Å². The zero-order valence-corrected chi connectivity index (χ0v) is 11.8. The second kappa shape index (κ2) is 6.35. The summed E-state index contributed by atoms with van der Waals surface area (Å²) in [4.78, 5) is 0. The van der Waals surface area contributed by atoms with Gasteiger partial charge in [-0.15, -0.1) is 0 Å². The molecule has 3 nitrogen and oxygen atoms in total. The Kier molecular flexibility index (Phi) is 4.73. The summed E-state index contributed by atoms with van der Waals surface area (Å²) in [5.41, 5.74) is -0.318. The molecule has 2 atom stereocenters. The third-order valence-corrected chi connectivity index (χ3v) is 3.67. The van der Waals surface area contributed by atoms with Gasteiger partial charge in [0.25, 0.3) is 0 Å². The van der Waals surface area contributed by atoms with Gasteiger partial charge in [-0.1, -0.05) is 0 Å². The number of nitrogens with zero attached hydrogens (tertiary/aromatic N) is 1. The summed E-state index contributed by atoms with van der Waals surface area (Å²) >= 11 is 0. The van der Waals surface area contributed by atoms with E-state index in [1.54, 1.807) is 0 Å². The van der Waals surface area contributed by atoms with Gasteiger partial charge in [0, 0.05) is 12.1 Å². The fourth-order valence-corrected chi connectivity index (χ4v) is 2.65. The van der Waals surface area contributed by atoms with Crippen LogP contribution in [0.4, 0.5) is 18.9 Å². The number of rotatable bonds is 4. The molecule has 0 spiro atoms. The van der Waals surface area contributed by atoms with E-state index in [-0.39, 0.29) is 11.6 Å². The van der Waals surface area contributed by atoms with E-state index >= 15 is 0 Å². The summed E-state index contributed by atoms with van der Waals surface area (Å²) in [5.74, 6) is 0. The van der Waals surface area contributed by atoms with Crippen LogP contribution in [0, 0.1) is 11.3 Å². The normalized spacial score (nSPS) is 20.0. The lowest BCUT2D eigenvalue weighted by Gasteiger charge is -2.20. The molecule has 0 bridgehead atoms. The van der Waals surface area contributed by atoms with Gasteiger partial charge < -0.3 is 10.6 Å². The quantitative estimate of drug-likeness (QED) is 0.894. The molecule has 1 aliphatic rings. The molecule has 1 fully saturated rings. The van der Waals surface area contributed by atoms with Gasteiger partial charge in [0.1, 0.15) is 6.07 Å². The summed E-state index contributed by atoms with van der Waals surface area (Å²) in [6.45, 7) is 2.99.